The molecule has 1 aromatic rings. The molecule has 1 atom stereocenters. The van der Waals surface area contributed by atoms with Crippen LogP contribution in [-0.4, -0.2) is 34.7 Å². The van der Waals surface area contributed by atoms with Crippen LogP contribution in [0.3, 0.4) is 0 Å². The maximum atomic E-state index is 12.1. The van der Waals surface area contributed by atoms with E-state index in [-0.39, 0.29) is 30.3 Å². The summed E-state index contributed by atoms with van der Waals surface area (Å²) in [5, 5.41) is 9.47. The predicted octanol–water partition coefficient (Wildman–Crippen LogP) is 1.60. The average Bonchev–Trinajstić information content (AvgIpc) is 2.77. The van der Waals surface area contributed by atoms with Crippen LogP contribution in [0.1, 0.15) is 56.1 Å². The van der Waals surface area contributed by atoms with Gasteiger partial charge in [0.25, 0.3) is 5.91 Å². The van der Waals surface area contributed by atoms with E-state index >= 15 is 0 Å². The van der Waals surface area contributed by atoms with E-state index in [0.717, 1.165) is 5.69 Å². The summed E-state index contributed by atoms with van der Waals surface area (Å²) in [6, 6.07) is -0.276. The lowest BCUT2D eigenvalue weighted by atomic mass is 10.1. The number of ether oxygens (including phenoxy) is 1. The molecule has 1 unspecified atom stereocenters. The van der Waals surface area contributed by atoms with E-state index < -0.39 is 0 Å². The molecule has 1 amide bonds. The highest BCUT2D eigenvalue weighted by Gasteiger charge is 2.19. The number of rotatable bonds is 6. The summed E-state index contributed by atoms with van der Waals surface area (Å²) >= 11 is 0. The van der Waals surface area contributed by atoms with Gasteiger partial charge in [-0.05, 0) is 19.8 Å². The number of nitrogens with one attached hydrogen (secondary N) is 2. The lowest BCUT2D eigenvalue weighted by Crippen LogP contribution is -2.35. The first-order valence-electron chi connectivity index (χ1n) is 6.45. The third kappa shape index (κ3) is 4.39. The Balaban J connectivity index is 2.59. The van der Waals surface area contributed by atoms with Gasteiger partial charge in [-0.25, -0.2) is 0 Å². The Bertz CT molecular complexity index is 440. The van der Waals surface area contributed by atoms with E-state index in [1.54, 1.807) is 13.8 Å². The van der Waals surface area contributed by atoms with E-state index in [0.29, 0.717) is 12.2 Å². The molecule has 0 fully saturated rings. The van der Waals surface area contributed by atoms with Gasteiger partial charge in [-0.1, -0.05) is 13.8 Å². The van der Waals surface area contributed by atoms with E-state index in [1.165, 1.54) is 6.20 Å². The number of carbonyl (C=O) groups excluding carboxylic acids is 2. The topological polar surface area (TPSA) is 84.1 Å². The number of H-pyrrole nitrogens is 1. The molecule has 0 bridgehead atoms. The second-order valence-corrected chi connectivity index (χ2v) is 4.74. The minimum atomic E-state index is -0.313. The van der Waals surface area contributed by atoms with E-state index in [1.807, 2.05) is 13.8 Å². The first-order chi connectivity index (χ1) is 8.95. The van der Waals surface area contributed by atoms with Crippen molar-refractivity contribution in [1.29, 1.82) is 0 Å². The van der Waals surface area contributed by atoms with Crippen LogP contribution >= 0.6 is 0 Å². The van der Waals surface area contributed by atoms with E-state index in [2.05, 4.69) is 15.5 Å². The largest absolute Gasteiger partial charge is 0.466 e. The molecule has 6 nitrogen and oxygen atoms in total. The summed E-state index contributed by atoms with van der Waals surface area (Å²) in [6.45, 7) is 7.82. The summed E-state index contributed by atoms with van der Waals surface area (Å²) < 4.78 is 4.84. The first-order valence-corrected chi connectivity index (χ1v) is 6.45. The molecule has 0 aliphatic rings. The van der Waals surface area contributed by atoms with Gasteiger partial charge in [0.2, 0.25) is 0 Å². The van der Waals surface area contributed by atoms with Crippen molar-refractivity contribution < 1.29 is 14.3 Å². The highest BCUT2D eigenvalue weighted by molar-refractivity contribution is 5.95. The number of hydrogen-bond acceptors (Lipinski definition) is 4. The molecular formula is C13H21N3O3. The third-order valence-electron chi connectivity index (χ3n) is 2.65. The van der Waals surface area contributed by atoms with Crippen molar-refractivity contribution in [2.24, 2.45) is 0 Å². The standard InChI is InChI=1S/C13H21N3O3/c1-5-19-11(17)6-9(4)15-13(18)10-7-14-16-12(10)8(2)3/h7-9H,5-6H2,1-4H3,(H,14,16)(H,15,18). The van der Waals surface area contributed by atoms with Gasteiger partial charge >= 0.3 is 5.97 Å². The Morgan fingerprint density at radius 3 is 2.68 bits per heavy atom. The molecular weight excluding hydrogens is 246 g/mol. The van der Waals surface area contributed by atoms with Crippen molar-refractivity contribution in [3.63, 3.8) is 0 Å². The summed E-state index contributed by atoms with van der Waals surface area (Å²) in [4.78, 5) is 23.4. The van der Waals surface area contributed by atoms with Crippen LogP contribution in [0.15, 0.2) is 6.20 Å². The summed E-state index contributed by atoms with van der Waals surface area (Å²) in [7, 11) is 0. The number of hydrogen-bond donors (Lipinski definition) is 2. The van der Waals surface area contributed by atoms with Crippen molar-refractivity contribution in [2.75, 3.05) is 6.61 Å². The zero-order valence-electron chi connectivity index (χ0n) is 11.8. The molecule has 0 aliphatic carbocycles. The van der Waals surface area contributed by atoms with E-state index in [4.69, 9.17) is 4.74 Å². The Morgan fingerprint density at radius 2 is 2.11 bits per heavy atom. The lowest BCUT2D eigenvalue weighted by Gasteiger charge is -2.13. The molecule has 1 heterocycles. The number of aromatic amines is 1. The Hall–Kier alpha value is -1.85. The molecule has 0 saturated carbocycles. The monoisotopic (exact) mass is 267 g/mol. The van der Waals surface area contributed by atoms with E-state index in [9.17, 15) is 9.59 Å². The number of esters is 1. The van der Waals surface area contributed by atoms with Crippen molar-refractivity contribution >= 4 is 11.9 Å². The summed E-state index contributed by atoms with van der Waals surface area (Å²) in [5.74, 6) is -0.357. The molecule has 106 valence electrons. The molecule has 1 aromatic heterocycles. The lowest BCUT2D eigenvalue weighted by molar-refractivity contribution is -0.143. The third-order valence-corrected chi connectivity index (χ3v) is 2.65. The van der Waals surface area contributed by atoms with Gasteiger partial charge in [0.05, 0.1) is 30.5 Å². The number of nitrogens with zero attached hydrogens (tertiary/aromatic N) is 1. The Kier molecular flexibility index (Phi) is 5.54. The fraction of sp³-hybridized carbons (Fsp3) is 0.615. The van der Waals surface area contributed by atoms with Crippen molar-refractivity contribution in [3.05, 3.63) is 17.5 Å². The zero-order valence-corrected chi connectivity index (χ0v) is 11.8. The number of aromatic nitrogens is 2. The molecule has 6 heteroatoms. The zero-order chi connectivity index (χ0) is 14.4. The van der Waals surface area contributed by atoms with Gasteiger partial charge in [0.15, 0.2) is 0 Å². The van der Waals surface area contributed by atoms with Crippen molar-refractivity contribution in [2.45, 2.75) is 46.1 Å². The van der Waals surface area contributed by atoms with Gasteiger partial charge < -0.3 is 10.1 Å². The van der Waals surface area contributed by atoms with Crippen molar-refractivity contribution in [1.82, 2.24) is 15.5 Å². The number of carbonyl (C=O) groups is 2. The molecule has 1 rings (SSSR count). The van der Waals surface area contributed by atoms with Gasteiger partial charge in [0.1, 0.15) is 0 Å². The van der Waals surface area contributed by atoms with Gasteiger partial charge in [-0.15, -0.1) is 0 Å². The molecule has 0 spiro atoms. The summed E-state index contributed by atoms with van der Waals surface area (Å²) in [5.41, 5.74) is 1.31. The smallest absolute Gasteiger partial charge is 0.307 e. The maximum Gasteiger partial charge on any atom is 0.307 e. The Labute approximate surface area is 112 Å². The van der Waals surface area contributed by atoms with Crippen LogP contribution in [0.25, 0.3) is 0 Å². The summed E-state index contributed by atoms with van der Waals surface area (Å²) in [6.07, 6.45) is 1.66. The van der Waals surface area contributed by atoms with Gasteiger partial charge in [-0.2, -0.15) is 5.10 Å². The van der Waals surface area contributed by atoms with Crippen LogP contribution in [0.4, 0.5) is 0 Å². The molecule has 2 N–H and O–H groups in total. The molecule has 0 saturated heterocycles. The SMILES string of the molecule is CCOC(=O)CC(C)NC(=O)c1cn[nH]c1C(C)C. The van der Waals surface area contributed by atoms with Crippen LogP contribution in [0, 0.1) is 0 Å². The Morgan fingerprint density at radius 1 is 1.42 bits per heavy atom. The van der Waals surface area contributed by atoms with Crippen LogP contribution in [0.5, 0.6) is 0 Å². The number of amides is 1. The highest BCUT2D eigenvalue weighted by Crippen LogP contribution is 2.16. The van der Waals surface area contributed by atoms with Crippen LogP contribution in [-0.2, 0) is 9.53 Å². The van der Waals surface area contributed by atoms with Crippen molar-refractivity contribution in [3.8, 4) is 0 Å². The van der Waals surface area contributed by atoms with Gasteiger partial charge in [0, 0.05) is 6.04 Å². The minimum Gasteiger partial charge on any atom is -0.466 e. The fourth-order valence-corrected chi connectivity index (χ4v) is 1.74. The minimum absolute atomic E-state index is 0.161. The van der Waals surface area contributed by atoms with Crippen LogP contribution in [0.2, 0.25) is 0 Å². The fourth-order valence-electron chi connectivity index (χ4n) is 1.74. The first kappa shape index (κ1) is 15.2. The second kappa shape index (κ2) is 6.92. The maximum absolute atomic E-state index is 12.1. The molecule has 0 aromatic carbocycles. The average molecular weight is 267 g/mol. The molecule has 0 aliphatic heterocycles. The molecule has 19 heavy (non-hydrogen) atoms. The quantitative estimate of drug-likeness (QED) is 0.767. The second-order valence-electron chi connectivity index (χ2n) is 4.74. The van der Waals surface area contributed by atoms with Crippen LogP contribution < -0.4 is 5.32 Å². The normalized spacial score (nSPS) is 12.3. The van der Waals surface area contributed by atoms with Gasteiger partial charge in [-0.3, -0.25) is 14.7 Å². The highest BCUT2D eigenvalue weighted by atomic mass is 16.5. The predicted molar refractivity (Wildman–Crippen MR) is 70.9 cm³/mol. The molecule has 0 radical (unpaired) electrons.